The van der Waals surface area contributed by atoms with Gasteiger partial charge in [-0.1, -0.05) is 30.9 Å². The molecular formula is C15H21ClN2O3S. The maximum absolute atomic E-state index is 12.3. The minimum Gasteiger partial charge on any atom is -0.349 e. The molecule has 1 aromatic carbocycles. The van der Waals surface area contributed by atoms with Gasteiger partial charge in [-0.05, 0) is 31.0 Å². The van der Waals surface area contributed by atoms with E-state index in [2.05, 4.69) is 5.32 Å². The van der Waals surface area contributed by atoms with Gasteiger partial charge in [-0.25, -0.2) is 12.7 Å². The van der Waals surface area contributed by atoms with Crippen LogP contribution >= 0.6 is 11.6 Å². The average Bonchev–Trinajstić information content (AvgIpc) is 2.48. The molecule has 0 spiro atoms. The van der Waals surface area contributed by atoms with Gasteiger partial charge >= 0.3 is 0 Å². The summed E-state index contributed by atoms with van der Waals surface area (Å²) in [6.07, 6.45) is 5.39. The Morgan fingerprint density at radius 1 is 1.23 bits per heavy atom. The molecule has 2 rings (SSSR count). The Morgan fingerprint density at radius 3 is 2.45 bits per heavy atom. The number of hydrogen-bond donors (Lipinski definition) is 1. The van der Waals surface area contributed by atoms with E-state index in [0.29, 0.717) is 5.56 Å². The van der Waals surface area contributed by atoms with Crippen LogP contribution in [0.3, 0.4) is 0 Å². The van der Waals surface area contributed by atoms with Crippen molar-refractivity contribution in [1.29, 1.82) is 0 Å². The van der Waals surface area contributed by atoms with Crippen molar-refractivity contribution < 1.29 is 13.2 Å². The Hall–Kier alpha value is -1.11. The summed E-state index contributed by atoms with van der Waals surface area (Å²) < 4.78 is 25.5. The first kappa shape index (κ1) is 17.2. The van der Waals surface area contributed by atoms with Crippen molar-refractivity contribution in [2.24, 2.45) is 0 Å². The van der Waals surface area contributed by atoms with Gasteiger partial charge in [0.25, 0.3) is 5.91 Å². The lowest BCUT2D eigenvalue weighted by molar-refractivity contribution is 0.0927. The standard InChI is InChI=1S/C15H21ClN2O3S/c1-18(2)22(20,21)14-10-11(8-9-13(14)16)15(19)17-12-6-4-3-5-7-12/h8-10,12H,3-7H2,1-2H3,(H,17,19). The molecule has 0 heterocycles. The normalized spacial score (nSPS) is 16.7. The molecule has 1 aliphatic rings. The number of rotatable bonds is 4. The van der Waals surface area contributed by atoms with E-state index >= 15 is 0 Å². The smallest absolute Gasteiger partial charge is 0.251 e. The molecule has 1 fully saturated rings. The van der Waals surface area contributed by atoms with Gasteiger partial charge in [-0.3, -0.25) is 4.79 Å². The van der Waals surface area contributed by atoms with E-state index in [1.165, 1.54) is 32.6 Å². The first-order valence-corrected chi connectivity index (χ1v) is 9.17. The number of sulfonamides is 1. The molecule has 0 bridgehead atoms. The van der Waals surface area contributed by atoms with E-state index in [1.54, 1.807) is 6.07 Å². The number of amides is 1. The maximum atomic E-state index is 12.3. The summed E-state index contributed by atoms with van der Waals surface area (Å²) in [6.45, 7) is 0. The Bertz CT molecular complexity index is 653. The molecule has 0 unspecified atom stereocenters. The summed E-state index contributed by atoms with van der Waals surface area (Å²) >= 11 is 5.98. The van der Waals surface area contributed by atoms with Gasteiger partial charge in [-0.2, -0.15) is 0 Å². The van der Waals surface area contributed by atoms with Crippen LogP contribution in [0, 0.1) is 0 Å². The van der Waals surface area contributed by atoms with Crippen molar-refractivity contribution in [2.45, 2.75) is 43.0 Å². The first-order valence-electron chi connectivity index (χ1n) is 7.35. The second-order valence-corrected chi connectivity index (χ2v) is 8.27. The molecule has 0 atom stereocenters. The maximum Gasteiger partial charge on any atom is 0.251 e. The molecule has 7 heteroatoms. The van der Waals surface area contributed by atoms with E-state index in [0.717, 1.165) is 30.0 Å². The molecule has 0 aromatic heterocycles. The predicted octanol–water partition coefficient (Wildman–Crippen LogP) is 2.65. The fourth-order valence-corrected chi connectivity index (χ4v) is 3.95. The summed E-state index contributed by atoms with van der Waals surface area (Å²) in [5.41, 5.74) is 0.315. The highest BCUT2D eigenvalue weighted by atomic mass is 35.5. The highest BCUT2D eigenvalue weighted by molar-refractivity contribution is 7.89. The molecule has 0 radical (unpaired) electrons. The first-order chi connectivity index (χ1) is 10.3. The molecular weight excluding hydrogens is 324 g/mol. The summed E-state index contributed by atoms with van der Waals surface area (Å²) in [6, 6.07) is 4.52. The number of nitrogens with one attached hydrogen (secondary N) is 1. The molecule has 5 nitrogen and oxygen atoms in total. The van der Waals surface area contributed by atoms with Crippen molar-refractivity contribution in [1.82, 2.24) is 9.62 Å². The summed E-state index contributed by atoms with van der Waals surface area (Å²) in [7, 11) is -0.813. The number of carbonyl (C=O) groups is 1. The van der Waals surface area contributed by atoms with Crippen molar-refractivity contribution >= 4 is 27.5 Å². The van der Waals surface area contributed by atoms with Crippen LogP contribution < -0.4 is 5.32 Å². The predicted molar refractivity (Wildman–Crippen MR) is 86.7 cm³/mol. The SMILES string of the molecule is CN(C)S(=O)(=O)c1cc(C(=O)NC2CCCCC2)ccc1Cl. The Balaban J connectivity index is 2.23. The fourth-order valence-electron chi connectivity index (χ4n) is 2.55. The molecule has 22 heavy (non-hydrogen) atoms. The number of halogens is 1. The van der Waals surface area contributed by atoms with Gasteiger partial charge in [0.15, 0.2) is 0 Å². The summed E-state index contributed by atoms with van der Waals surface area (Å²) in [5, 5.41) is 3.09. The Kier molecular flexibility index (Phi) is 5.47. The van der Waals surface area contributed by atoms with Crippen molar-refractivity contribution in [3.8, 4) is 0 Å². The van der Waals surface area contributed by atoms with Crippen LogP contribution in [-0.2, 0) is 10.0 Å². The van der Waals surface area contributed by atoms with Crippen molar-refractivity contribution in [3.05, 3.63) is 28.8 Å². The lowest BCUT2D eigenvalue weighted by Crippen LogP contribution is -2.36. The highest BCUT2D eigenvalue weighted by Crippen LogP contribution is 2.25. The van der Waals surface area contributed by atoms with Crippen molar-refractivity contribution in [3.63, 3.8) is 0 Å². The molecule has 1 aromatic rings. The van der Waals surface area contributed by atoms with Gasteiger partial charge in [-0.15, -0.1) is 0 Å². The lowest BCUT2D eigenvalue weighted by Gasteiger charge is -2.23. The fraction of sp³-hybridized carbons (Fsp3) is 0.533. The number of benzene rings is 1. The number of nitrogens with zero attached hydrogens (tertiary/aromatic N) is 1. The largest absolute Gasteiger partial charge is 0.349 e. The van der Waals surface area contributed by atoms with E-state index in [1.807, 2.05) is 0 Å². The van der Waals surface area contributed by atoms with Gasteiger partial charge in [0.05, 0.1) is 5.02 Å². The quantitative estimate of drug-likeness (QED) is 0.913. The zero-order valence-corrected chi connectivity index (χ0v) is 14.4. The van der Waals surface area contributed by atoms with Crippen molar-refractivity contribution in [2.75, 3.05) is 14.1 Å². The van der Waals surface area contributed by atoms with Crippen LogP contribution in [-0.4, -0.2) is 38.8 Å². The third-order valence-corrected chi connectivity index (χ3v) is 6.19. The molecule has 122 valence electrons. The van der Waals surface area contributed by atoms with Crippen LogP contribution in [0.5, 0.6) is 0 Å². The minimum absolute atomic E-state index is 0.0459. The van der Waals surface area contributed by atoms with Gasteiger partial charge in [0.2, 0.25) is 10.0 Å². The van der Waals surface area contributed by atoms with Gasteiger partial charge in [0, 0.05) is 25.7 Å². The van der Waals surface area contributed by atoms with Crippen LogP contribution in [0.25, 0.3) is 0 Å². The minimum atomic E-state index is -3.68. The molecule has 1 saturated carbocycles. The van der Waals surface area contributed by atoms with Gasteiger partial charge in [0.1, 0.15) is 4.90 Å². The highest BCUT2D eigenvalue weighted by Gasteiger charge is 2.23. The molecule has 1 aliphatic carbocycles. The average molecular weight is 345 g/mol. The van der Waals surface area contributed by atoms with Crippen LogP contribution in [0.2, 0.25) is 5.02 Å². The summed E-state index contributed by atoms with van der Waals surface area (Å²) in [4.78, 5) is 12.3. The van der Waals surface area contributed by atoms with Crippen LogP contribution in [0.15, 0.2) is 23.1 Å². The number of carbonyl (C=O) groups excluding carboxylic acids is 1. The zero-order valence-electron chi connectivity index (χ0n) is 12.8. The zero-order chi connectivity index (χ0) is 16.3. The second-order valence-electron chi connectivity index (χ2n) is 5.74. The molecule has 1 amide bonds. The van der Waals surface area contributed by atoms with E-state index in [9.17, 15) is 13.2 Å². The molecule has 0 aliphatic heterocycles. The second kappa shape index (κ2) is 6.98. The van der Waals surface area contributed by atoms with Crippen LogP contribution in [0.4, 0.5) is 0 Å². The monoisotopic (exact) mass is 344 g/mol. The third-order valence-electron chi connectivity index (χ3n) is 3.89. The summed E-state index contributed by atoms with van der Waals surface area (Å²) in [5.74, 6) is -0.251. The van der Waals surface area contributed by atoms with Crippen LogP contribution in [0.1, 0.15) is 42.5 Å². The Labute approximate surface area is 136 Å². The van der Waals surface area contributed by atoms with Gasteiger partial charge < -0.3 is 5.32 Å². The number of hydrogen-bond acceptors (Lipinski definition) is 3. The Morgan fingerprint density at radius 2 is 1.86 bits per heavy atom. The van der Waals surface area contributed by atoms with E-state index in [-0.39, 0.29) is 21.9 Å². The van der Waals surface area contributed by atoms with E-state index in [4.69, 9.17) is 11.6 Å². The molecule has 0 saturated heterocycles. The lowest BCUT2D eigenvalue weighted by atomic mass is 9.95. The van der Waals surface area contributed by atoms with E-state index < -0.39 is 10.0 Å². The third kappa shape index (κ3) is 3.80. The molecule has 1 N–H and O–H groups in total. The topological polar surface area (TPSA) is 66.5 Å².